The summed E-state index contributed by atoms with van der Waals surface area (Å²) in [6.07, 6.45) is 3.57. The summed E-state index contributed by atoms with van der Waals surface area (Å²) in [5.41, 5.74) is 2.48. The molecule has 0 spiro atoms. The van der Waals surface area contributed by atoms with E-state index in [2.05, 4.69) is 0 Å². The van der Waals surface area contributed by atoms with Crippen LogP contribution in [0.1, 0.15) is 37.2 Å². The van der Waals surface area contributed by atoms with Gasteiger partial charge in [0.15, 0.2) is 0 Å². The molecule has 1 atom stereocenters. The first-order valence-corrected chi connectivity index (χ1v) is 10.1. The molecule has 5 nitrogen and oxygen atoms in total. The van der Waals surface area contributed by atoms with Crippen molar-refractivity contribution in [3.63, 3.8) is 0 Å². The molecular weight excluding hydrogens is 375 g/mol. The van der Waals surface area contributed by atoms with Crippen molar-refractivity contribution in [3.05, 3.63) is 53.8 Å². The number of benzene rings is 2. The molecule has 0 aromatic heterocycles. The number of ether oxygens (including phenoxy) is 3. The zero-order valence-corrected chi connectivity index (χ0v) is 16.2. The molecule has 29 heavy (non-hydrogen) atoms. The van der Waals surface area contributed by atoms with Crippen LogP contribution in [0, 0.1) is 5.82 Å². The quantitative estimate of drug-likeness (QED) is 0.746. The fourth-order valence-corrected chi connectivity index (χ4v) is 3.89. The molecule has 1 unspecified atom stereocenters. The molecule has 2 fully saturated rings. The zero-order valence-electron chi connectivity index (χ0n) is 16.2. The lowest BCUT2D eigenvalue weighted by Gasteiger charge is -2.35. The van der Waals surface area contributed by atoms with E-state index in [1.54, 1.807) is 12.1 Å². The van der Waals surface area contributed by atoms with Crippen molar-refractivity contribution in [2.45, 2.75) is 43.8 Å². The molecule has 1 aliphatic carbocycles. The Balaban J connectivity index is 1.39. The van der Waals surface area contributed by atoms with Gasteiger partial charge in [0.2, 0.25) is 0 Å². The predicted octanol–water partition coefficient (Wildman–Crippen LogP) is 4.40. The van der Waals surface area contributed by atoms with E-state index in [0.717, 1.165) is 43.4 Å². The second-order valence-electron chi connectivity index (χ2n) is 7.72. The number of rotatable bonds is 7. The van der Waals surface area contributed by atoms with E-state index in [9.17, 15) is 9.18 Å². The van der Waals surface area contributed by atoms with Gasteiger partial charge in [0.05, 0.1) is 12.7 Å². The van der Waals surface area contributed by atoms with Crippen molar-refractivity contribution in [2.75, 3.05) is 19.8 Å². The Morgan fingerprint density at radius 2 is 1.93 bits per heavy atom. The maximum Gasteiger partial charge on any atom is 0.329 e. The number of aliphatic carboxylic acids is 1. The van der Waals surface area contributed by atoms with Gasteiger partial charge in [-0.2, -0.15) is 0 Å². The lowest BCUT2D eigenvalue weighted by atomic mass is 9.77. The number of carboxylic acid groups (broad SMARTS) is 1. The summed E-state index contributed by atoms with van der Waals surface area (Å²) >= 11 is 0. The fraction of sp³-hybridized carbons (Fsp3) is 0.435. The SMILES string of the molecule is O=C(O)CO[C@H]1C[C@@H](c2ccc(-c3cc(OC4CCCOC4)ccc3F)cc2)C1. The Morgan fingerprint density at radius 1 is 1.14 bits per heavy atom. The molecule has 0 bridgehead atoms. The van der Waals surface area contributed by atoms with E-state index < -0.39 is 5.97 Å². The second-order valence-corrected chi connectivity index (χ2v) is 7.72. The molecule has 0 radical (unpaired) electrons. The molecule has 2 aliphatic rings. The Labute approximate surface area is 169 Å². The average Bonchev–Trinajstić information content (AvgIpc) is 2.69. The summed E-state index contributed by atoms with van der Waals surface area (Å²) < 4.78 is 31.1. The van der Waals surface area contributed by atoms with Gasteiger partial charge in [-0.3, -0.25) is 0 Å². The van der Waals surface area contributed by atoms with E-state index in [1.807, 2.05) is 24.3 Å². The number of hydrogen-bond acceptors (Lipinski definition) is 4. The monoisotopic (exact) mass is 400 g/mol. The van der Waals surface area contributed by atoms with Crippen LogP contribution in [0.25, 0.3) is 11.1 Å². The molecule has 154 valence electrons. The molecule has 1 N–H and O–H groups in total. The molecule has 0 amide bonds. The first kappa shape index (κ1) is 19.9. The van der Waals surface area contributed by atoms with Gasteiger partial charge in [-0.05, 0) is 60.9 Å². The van der Waals surface area contributed by atoms with Crippen molar-refractivity contribution in [1.82, 2.24) is 0 Å². The third-order valence-electron chi connectivity index (χ3n) is 5.59. The fourth-order valence-electron chi connectivity index (χ4n) is 3.89. The van der Waals surface area contributed by atoms with Gasteiger partial charge in [0, 0.05) is 12.2 Å². The van der Waals surface area contributed by atoms with Crippen molar-refractivity contribution in [3.8, 4) is 16.9 Å². The van der Waals surface area contributed by atoms with Gasteiger partial charge >= 0.3 is 5.97 Å². The van der Waals surface area contributed by atoms with Crippen LogP contribution in [0.3, 0.4) is 0 Å². The smallest absolute Gasteiger partial charge is 0.329 e. The number of hydrogen-bond donors (Lipinski definition) is 1. The minimum atomic E-state index is -0.943. The standard InChI is InChI=1S/C23H25FO5/c24-22-8-7-18(29-19-2-1-9-27-13-19)12-21(22)16-5-3-15(4-6-16)17-10-20(11-17)28-14-23(25)26/h3-8,12,17,19-20H,1-2,9-11,13-14H2,(H,25,26)/t17-,19?,20+. The summed E-state index contributed by atoms with van der Waals surface area (Å²) in [5, 5.41) is 8.67. The number of carboxylic acids is 1. The highest BCUT2D eigenvalue weighted by molar-refractivity contribution is 5.68. The second kappa shape index (κ2) is 8.93. The topological polar surface area (TPSA) is 65.0 Å². The highest BCUT2D eigenvalue weighted by Gasteiger charge is 2.31. The summed E-state index contributed by atoms with van der Waals surface area (Å²) in [4.78, 5) is 10.6. The van der Waals surface area contributed by atoms with Crippen LogP contribution in [0.15, 0.2) is 42.5 Å². The zero-order chi connectivity index (χ0) is 20.2. The molecule has 1 heterocycles. The van der Waals surface area contributed by atoms with Crippen molar-refractivity contribution in [2.24, 2.45) is 0 Å². The minimum Gasteiger partial charge on any atom is -0.488 e. The van der Waals surface area contributed by atoms with Crippen LogP contribution >= 0.6 is 0 Å². The van der Waals surface area contributed by atoms with Gasteiger partial charge in [0.1, 0.15) is 24.3 Å². The van der Waals surface area contributed by atoms with Gasteiger partial charge < -0.3 is 19.3 Å². The molecule has 1 saturated carbocycles. The van der Waals surface area contributed by atoms with E-state index >= 15 is 0 Å². The van der Waals surface area contributed by atoms with Crippen LogP contribution < -0.4 is 4.74 Å². The molecule has 2 aromatic rings. The Bertz CT molecular complexity index is 839. The number of halogens is 1. The van der Waals surface area contributed by atoms with Crippen LogP contribution in [0.5, 0.6) is 5.75 Å². The Kier molecular flexibility index (Phi) is 6.11. The van der Waals surface area contributed by atoms with Crippen molar-refractivity contribution < 1.29 is 28.5 Å². The summed E-state index contributed by atoms with van der Waals surface area (Å²) in [7, 11) is 0. The molecule has 2 aromatic carbocycles. The highest BCUT2D eigenvalue weighted by Crippen LogP contribution is 2.39. The predicted molar refractivity (Wildman–Crippen MR) is 106 cm³/mol. The van der Waals surface area contributed by atoms with Crippen LogP contribution in [-0.2, 0) is 14.3 Å². The average molecular weight is 400 g/mol. The van der Waals surface area contributed by atoms with Crippen LogP contribution in [-0.4, -0.2) is 43.1 Å². The summed E-state index contributed by atoms with van der Waals surface area (Å²) in [6, 6.07) is 12.7. The van der Waals surface area contributed by atoms with Gasteiger partial charge in [-0.25, -0.2) is 9.18 Å². The summed E-state index contributed by atoms with van der Waals surface area (Å²) in [5.74, 6) is -0.218. The highest BCUT2D eigenvalue weighted by atomic mass is 19.1. The largest absolute Gasteiger partial charge is 0.488 e. The van der Waals surface area contributed by atoms with E-state index in [-0.39, 0.29) is 24.6 Å². The Morgan fingerprint density at radius 3 is 2.62 bits per heavy atom. The molecule has 1 aliphatic heterocycles. The third-order valence-corrected chi connectivity index (χ3v) is 5.59. The maximum atomic E-state index is 14.4. The first-order chi connectivity index (χ1) is 14.1. The molecule has 6 heteroatoms. The molecule has 1 saturated heterocycles. The minimum absolute atomic E-state index is 0.00539. The van der Waals surface area contributed by atoms with Gasteiger partial charge in [-0.15, -0.1) is 0 Å². The van der Waals surface area contributed by atoms with Crippen molar-refractivity contribution >= 4 is 5.97 Å². The van der Waals surface area contributed by atoms with Gasteiger partial charge in [0.25, 0.3) is 0 Å². The van der Waals surface area contributed by atoms with E-state index in [0.29, 0.717) is 23.8 Å². The lowest BCUT2D eigenvalue weighted by Crippen LogP contribution is -2.31. The first-order valence-electron chi connectivity index (χ1n) is 10.1. The summed E-state index contributed by atoms with van der Waals surface area (Å²) in [6.45, 7) is 1.09. The van der Waals surface area contributed by atoms with Crippen LogP contribution in [0.2, 0.25) is 0 Å². The van der Waals surface area contributed by atoms with E-state index in [1.165, 1.54) is 6.07 Å². The van der Waals surface area contributed by atoms with Crippen LogP contribution in [0.4, 0.5) is 4.39 Å². The van der Waals surface area contributed by atoms with E-state index in [4.69, 9.17) is 19.3 Å². The third kappa shape index (κ3) is 4.95. The molecular formula is C23H25FO5. The number of carbonyl (C=O) groups is 1. The Hall–Kier alpha value is -2.44. The normalized spacial score (nSPS) is 24.0. The molecule has 4 rings (SSSR count). The van der Waals surface area contributed by atoms with Crippen molar-refractivity contribution in [1.29, 1.82) is 0 Å². The van der Waals surface area contributed by atoms with Gasteiger partial charge in [-0.1, -0.05) is 24.3 Å². The lowest BCUT2D eigenvalue weighted by molar-refractivity contribution is -0.146. The maximum absolute atomic E-state index is 14.4.